The van der Waals surface area contributed by atoms with E-state index >= 15 is 0 Å². The molecule has 0 aliphatic carbocycles. The molecule has 4 heteroatoms. The normalized spacial score (nSPS) is 11.8. The lowest BCUT2D eigenvalue weighted by atomic mass is 10.1. The molecule has 21 heavy (non-hydrogen) atoms. The Bertz CT molecular complexity index is 635. The number of nitrogens with zero attached hydrogens (tertiary/aromatic N) is 1. The molecular formula is C17H21N3O. The average molecular weight is 283 g/mol. The van der Waals surface area contributed by atoms with Gasteiger partial charge >= 0.3 is 0 Å². The second-order valence-electron chi connectivity index (χ2n) is 5.23. The fourth-order valence-corrected chi connectivity index (χ4v) is 2.16. The molecule has 2 N–H and O–H groups in total. The number of anilines is 1. The molecule has 0 bridgehead atoms. The summed E-state index contributed by atoms with van der Waals surface area (Å²) in [6.07, 6.45) is 1.61. The van der Waals surface area contributed by atoms with E-state index in [2.05, 4.69) is 15.6 Å². The minimum absolute atomic E-state index is 0.0518. The molecule has 2 aromatic rings. The molecule has 1 amide bonds. The quantitative estimate of drug-likeness (QED) is 0.905. The minimum Gasteiger partial charge on any atom is -0.387 e. The van der Waals surface area contributed by atoms with Gasteiger partial charge in [-0.15, -0.1) is 0 Å². The van der Waals surface area contributed by atoms with E-state index in [1.807, 2.05) is 51.1 Å². The van der Waals surface area contributed by atoms with Gasteiger partial charge in [0.1, 0.15) is 0 Å². The van der Waals surface area contributed by atoms with Crippen molar-refractivity contribution in [2.24, 2.45) is 0 Å². The highest BCUT2D eigenvalue weighted by molar-refractivity contribution is 5.99. The first-order chi connectivity index (χ1) is 10.0. The minimum atomic E-state index is -0.125. The van der Waals surface area contributed by atoms with Gasteiger partial charge in [-0.1, -0.05) is 29.8 Å². The number of pyridine rings is 1. The van der Waals surface area contributed by atoms with E-state index in [4.69, 9.17) is 0 Å². The maximum Gasteiger partial charge on any atom is 0.255 e. The van der Waals surface area contributed by atoms with Gasteiger partial charge in [0.25, 0.3) is 5.91 Å². The first-order valence-corrected chi connectivity index (χ1v) is 7.03. The Kier molecular flexibility index (Phi) is 4.58. The smallest absolute Gasteiger partial charge is 0.255 e. The van der Waals surface area contributed by atoms with Crippen LogP contribution >= 0.6 is 0 Å². The van der Waals surface area contributed by atoms with Gasteiger partial charge in [0, 0.05) is 18.9 Å². The molecule has 0 saturated heterocycles. The Hall–Kier alpha value is -2.36. The lowest BCUT2D eigenvalue weighted by Gasteiger charge is -2.16. The molecule has 0 aliphatic heterocycles. The van der Waals surface area contributed by atoms with Crippen LogP contribution < -0.4 is 10.6 Å². The summed E-state index contributed by atoms with van der Waals surface area (Å²) in [5.74, 6) is -0.125. The summed E-state index contributed by atoms with van der Waals surface area (Å²) in [7, 11) is 1.80. The van der Waals surface area contributed by atoms with Crippen molar-refractivity contribution in [2.75, 3.05) is 12.4 Å². The molecule has 1 unspecified atom stereocenters. The monoisotopic (exact) mass is 283 g/mol. The van der Waals surface area contributed by atoms with E-state index < -0.39 is 0 Å². The third kappa shape index (κ3) is 3.60. The van der Waals surface area contributed by atoms with Crippen LogP contribution in [0.15, 0.2) is 36.5 Å². The van der Waals surface area contributed by atoms with Crippen LogP contribution in [0.25, 0.3) is 0 Å². The summed E-state index contributed by atoms with van der Waals surface area (Å²) in [5.41, 5.74) is 4.51. The van der Waals surface area contributed by atoms with Gasteiger partial charge in [-0.05, 0) is 32.4 Å². The van der Waals surface area contributed by atoms with E-state index in [0.29, 0.717) is 5.56 Å². The lowest BCUT2D eigenvalue weighted by Crippen LogP contribution is -2.27. The zero-order valence-corrected chi connectivity index (χ0v) is 12.9. The number of hydrogen-bond acceptors (Lipinski definition) is 3. The van der Waals surface area contributed by atoms with Gasteiger partial charge in [0.05, 0.1) is 17.3 Å². The van der Waals surface area contributed by atoms with E-state index in [1.165, 1.54) is 5.56 Å². The predicted octanol–water partition coefficient (Wildman–Crippen LogP) is 3.23. The molecule has 0 radical (unpaired) electrons. The highest BCUT2D eigenvalue weighted by atomic mass is 16.1. The van der Waals surface area contributed by atoms with Gasteiger partial charge in [-0.3, -0.25) is 9.78 Å². The van der Waals surface area contributed by atoms with Crippen LogP contribution in [-0.2, 0) is 0 Å². The highest BCUT2D eigenvalue weighted by Crippen LogP contribution is 2.18. The Balaban J connectivity index is 2.16. The Morgan fingerprint density at radius 2 is 1.86 bits per heavy atom. The standard InChI is InChI=1S/C17H21N3O/c1-11-5-7-14(8-6-11)13(3)20-17(21)15-10-19-12(2)9-16(15)18-4/h5-10,13H,1-4H3,(H,18,19)(H,20,21). The second-order valence-corrected chi connectivity index (χ2v) is 5.23. The van der Waals surface area contributed by atoms with Gasteiger partial charge in [0.2, 0.25) is 0 Å². The predicted molar refractivity (Wildman–Crippen MR) is 85.6 cm³/mol. The number of nitrogens with one attached hydrogen (secondary N) is 2. The van der Waals surface area contributed by atoms with Crippen LogP contribution in [0.2, 0.25) is 0 Å². The van der Waals surface area contributed by atoms with Crippen molar-refractivity contribution in [3.63, 3.8) is 0 Å². The Labute approximate surface area is 125 Å². The van der Waals surface area contributed by atoms with E-state index in [9.17, 15) is 4.79 Å². The molecule has 4 nitrogen and oxygen atoms in total. The van der Waals surface area contributed by atoms with Crippen LogP contribution in [-0.4, -0.2) is 17.9 Å². The van der Waals surface area contributed by atoms with Crippen molar-refractivity contribution in [3.05, 3.63) is 58.9 Å². The molecule has 110 valence electrons. The largest absolute Gasteiger partial charge is 0.387 e. The Morgan fingerprint density at radius 1 is 1.19 bits per heavy atom. The van der Waals surface area contributed by atoms with E-state index in [-0.39, 0.29) is 11.9 Å². The van der Waals surface area contributed by atoms with E-state index in [0.717, 1.165) is 16.9 Å². The maximum atomic E-state index is 12.4. The first kappa shape index (κ1) is 15.0. The summed E-state index contributed by atoms with van der Waals surface area (Å²) in [4.78, 5) is 16.6. The second kappa shape index (κ2) is 6.39. The summed E-state index contributed by atoms with van der Waals surface area (Å²) in [5, 5.41) is 6.04. The van der Waals surface area contributed by atoms with Crippen LogP contribution in [0.3, 0.4) is 0 Å². The number of rotatable bonds is 4. The SMILES string of the molecule is CNc1cc(C)ncc1C(=O)NC(C)c1ccc(C)cc1. The average Bonchev–Trinajstić information content (AvgIpc) is 2.47. The third-order valence-corrected chi connectivity index (χ3v) is 3.48. The zero-order valence-electron chi connectivity index (χ0n) is 12.9. The number of carbonyl (C=O) groups is 1. The molecule has 0 saturated carbocycles. The molecule has 2 rings (SSSR count). The van der Waals surface area contributed by atoms with Gasteiger partial charge in [-0.2, -0.15) is 0 Å². The number of hydrogen-bond donors (Lipinski definition) is 2. The molecular weight excluding hydrogens is 262 g/mol. The number of benzene rings is 1. The summed E-state index contributed by atoms with van der Waals surface area (Å²) in [6.45, 7) is 5.92. The third-order valence-electron chi connectivity index (χ3n) is 3.48. The summed E-state index contributed by atoms with van der Waals surface area (Å²) >= 11 is 0. The topological polar surface area (TPSA) is 54.0 Å². The van der Waals surface area contributed by atoms with Crippen molar-refractivity contribution in [1.29, 1.82) is 0 Å². The van der Waals surface area contributed by atoms with Crippen LogP contribution in [0.5, 0.6) is 0 Å². The molecule has 1 aromatic carbocycles. The number of amides is 1. The summed E-state index contributed by atoms with van der Waals surface area (Å²) in [6, 6.07) is 9.98. The summed E-state index contributed by atoms with van der Waals surface area (Å²) < 4.78 is 0. The van der Waals surface area contributed by atoms with Crippen molar-refractivity contribution in [3.8, 4) is 0 Å². The fraction of sp³-hybridized carbons (Fsp3) is 0.294. The lowest BCUT2D eigenvalue weighted by molar-refractivity contribution is 0.0940. The number of carbonyl (C=O) groups excluding carboxylic acids is 1. The van der Waals surface area contributed by atoms with E-state index in [1.54, 1.807) is 13.2 Å². The van der Waals surface area contributed by atoms with Crippen molar-refractivity contribution < 1.29 is 4.79 Å². The maximum absolute atomic E-state index is 12.4. The van der Waals surface area contributed by atoms with Crippen LogP contribution in [0.4, 0.5) is 5.69 Å². The van der Waals surface area contributed by atoms with Crippen molar-refractivity contribution in [2.45, 2.75) is 26.8 Å². The fourth-order valence-electron chi connectivity index (χ4n) is 2.16. The molecule has 1 atom stereocenters. The Morgan fingerprint density at radius 3 is 2.48 bits per heavy atom. The number of aromatic nitrogens is 1. The highest BCUT2D eigenvalue weighted by Gasteiger charge is 2.15. The molecule has 0 aliphatic rings. The molecule has 0 spiro atoms. The van der Waals surface area contributed by atoms with Gasteiger partial charge in [0.15, 0.2) is 0 Å². The van der Waals surface area contributed by atoms with Gasteiger partial charge < -0.3 is 10.6 Å². The zero-order chi connectivity index (χ0) is 15.4. The van der Waals surface area contributed by atoms with Crippen LogP contribution in [0.1, 0.15) is 40.1 Å². The number of aryl methyl sites for hydroxylation is 2. The molecule has 1 heterocycles. The van der Waals surface area contributed by atoms with Crippen molar-refractivity contribution >= 4 is 11.6 Å². The molecule has 1 aromatic heterocycles. The van der Waals surface area contributed by atoms with Crippen molar-refractivity contribution in [1.82, 2.24) is 10.3 Å². The van der Waals surface area contributed by atoms with Gasteiger partial charge in [-0.25, -0.2) is 0 Å². The molecule has 0 fully saturated rings. The first-order valence-electron chi connectivity index (χ1n) is 7.03. The van der Waals surface area contributed by atoms with Crippen LogP contribution in [0, 0.1) is 13.8 Å².